The fraction of sp³-hybridized carbons (Fsp3) is 0.227. The number of fused-ring (bicyclic) bond motifs is 1. The van der Waals surface area contributed by atoms with Gasteiger partial charge in [0.2, 0.25) is 0 Å². The number of nitriles is 1. The molecule has 138 valence electrons. The molecule has 1 aromatic heterocycles. The van der Waals surface area contributed by atoms with Gasteiger partial charge in [0.1, 0.15) is 0 Å². The molecule has 0 spiro atoms. The van der Waals surface area contributed by atoms with Crippen molar-refractivity contribution in [1.82, 2.24) is 4.57 Å². The van der Waals surface area contributed by atoms with Gasteiger partial charge < -0.3 is 4.57 Å². The minimum Gasteiger partial charge on any atom is -0.347 e. The minimum absolute atomic E-state index is 0.490. The van der Waals surface area contributed by atoms with Crippen molar-refractivity contribution in [3.8, 4) is 6.07 Å². The maximum Gasteiger partial charge on any atom is 0.416 e. The predicted molar refractivity (Wildman–Crippen MR) is 101 cm³/mol. The SMILES string of the molecule is C/C(C#N)=C/c1cn(CCc2cc(C)cc(C(F)(F)F)c2)c2ccccc12. The van der Waals surface area contributed by atoms with Crippen molar-refractivity contribution >= 4 is 17.0 Å². The van der Waals surface area contributed by atoms with Crippen LogP contribution in [0.1, 0.15) is 29.2 Å². The standard InChI is InChI=1S/C22H19F3N2/c1-15-9-17(12-19(11-15)22(23,24)25)7-8-27-14-18(10-16(2)13-26)20-5-3-4-6-21(20)27/h3-6,9-12,14H,7-8H2,1-2H3/b16-10-. The second kappa shape index (κ2) is 7.32. The first-order chi connectivity index (χ1) is 12.8. The van der Waals surface area contributed by atoms with E-state index in [1.807, 2.05) is 41.1 Å². The van der Waals surface area contributed by atoms with Gasteiger partial charge in [0.25, 0.3) is 0 Å². The van der Waals surface area contributed by atoms with Crippen LogP contribution in [0.15, 0.2) is 54.2 Å². The highest BCUT2D eigenvalue weighted by Gasteiger charge is 2.30. The molecule has 0 saturated carbocycles. The number of benzene rings is 2. The maximum atomic E-state index is 13.0. The van der Waals surface area contributed by atoms with E-state index in [2.05, 4.69) is 6.07 Å². The number of hydrogen-bond donors (Lipinski definition) is 0. The molecule has 0 aliphatic carbocycles. The lowest BCUT2D eigenvalue weighted by Crippen LogP contribution is -2.07. The largest absolute Gasteiger partial charge is 0.416 e. The lowest BCUT2D eigenvalue weighted by Gasteiger charge is -2.11. The van der Waals surface area contributed by atoms with Crippen LogP contribution in [-0.2, 0) is 19.1 Å². The average molecular weight is 368 g/mol. The number of rotatable bonds is 4. The minimum atomic E-state index is -4.34. The van der Waals surface area contributed by atoms with Crippen LogP contribution >= 0.6 is 0 Å². The molecular weight excluding hydrogens is 349 g/mol. The van der Waals surface area contributed by atoms with Gasteiger partial charge in [-0.15, -0.1) is 0 Å². The molecule has 0 fully saturated rings. The van der Waals surface area contributed by atoms with Gasteiger partial charge in [-0.25, -0.2) is 0 Å². The van der Waals surface area contributed by atoms with E-state index in [0.717, 1.165) is 16.5 Å². The number of halogens is 3. The Balaban J connectivity index is 1.93. The predicted octanol–water partition coefficient (Wildman–Crippen LogP) is 6.14. The summed E-state index contributed by atoms with van der Waals surface area (Å²) in [4.78, 5) is 0. The molecule has 0 atom stereocenters. The zero-order chi connectivity index (χ0) is 19.6. The zero-order valence-electron chi connectivity index (χ0n) is 15.1. The topological polar surface area (TPSA) is 28.7 Å². The van der Waals surface area contributed by atoms with Gasteiger partial charge in [-0.3, -0.25) is 0 Å². The Kier molecular flexibility index (Phi) is 5.09. The van der Waals surface area contributed by atoms with Crippen LogP contribution in [-0.4, -0.2) is 4.57 Å². The monoisotopic (exact) mass is 368 g/mol. The molecule has 0 saturated heterocycles. The van der Waals surface area contributed by atoms with E-state index in [-0.39, 0.29) is 0 Å². The number of nitrogens with zero attached hydrogens (tertiary/aromatic N) is 2. The zero-order valence-corrected chi connectivity index (χ0v) is 15.1. The molecular formula is C22H19F3N2. The molecule has 0 aliphatic rings. The Morgan fingerprint density at radius 1 is 1.19 bits per heavy atom. The quantitative estimate of drug-likeness (QED) is 0.509. The van der Waals surface area contributed by atoms with Crippen molar-refractivity contribution in [2.45, 2.75) is 33.0 Å². The number of hydrogen-bond acceptors (Lipinski definition) is 1. The van der Waals surface area contributed by atoms with E-state index >= 15 is 0 Å². The highest BCUT2D eigenvalue weighted by molar-refractivity contribution is 5.90. The number of aryl methyl sites for hydroxylation is 3. The summed E-state index contributed by atoms with van der Waals surface area (Å²) < 4.78 is 41.1. The Morgan fingerprint density at radius 3 is 2.63 bits per heavy atom. The van der Waals surface area contributed by atoms with Crippen LogP contribution in [0, 0.1) is 18.3 Å². The van der Waals surface area contributed by atoms with Crippen LogP contribution in [0.4, 0.5) is 13.2 Å². The molecule has 0 radical (unpaired) electrons. The summed E-state index contributed by atoms with van der Waals surface area (Å²) in [5.41, 5.74) is 3.19. The fourth-order valence-electron chi connectivity index (χ4n) is 3.26. The van der Waals surface area contributed by atoms with Crippen LogP contribution in [0.25, 0.3) is 17.0 Å². The first-order valence-corrected chi connectivity index (χ1v) is 8.62. The molecule has 1 heterocycles. The molecule has 2 aromatic carbocycles. The Labute approximate surface area is 156 Å². The second-order valence-corrected chi connectivity index (χ2v) is 6.69. The Morgan fingerprint density at radius 2 is 1.93 bits per heavy atom. The number of aromatic nitrogens is 1. The second-order valence-electron chi connectivity index (χ2n) is 6.69. The Hall–Kier alpha value is -3.00. The lowest BCUT2D eigenvalue weighted by molar-refractivity contribution is -0.137. The van der Waals surface area contributed by atoms with Gasteiger partial charge in [0.05, 0.1) is 11.6 Å². The van der Waals surface area contributed by atoms with E-state index in [4.69, 9.17) is 5.26 Å². The van der Waals surface area contributed by atoms with Gasteiger partial charge in [-0.05, 0) is 50.1 Å². The molecule has 0 aliphatic heterocycles. The van der Waals surface area contributed by atoms with E-state index in [1.54, 1.807) is 19.9 Å². The van der Waals surface area contributed by atoms with Crippen molar-refractivity contribution in [2.75, 3.05) is 0 Å². The highest BCUT2D eigenvalue weighted by Crippen LogP contribution is 2.31. The van der Waals surface area contributed by atoms with Gasteiger partial charge >= 0.3 is 6.18 Å². The van der Waals surface area contributed by atoms with Gasteiger partial charge in [-0.2, -0.15) is 18.4 Å². The normalized spacial score (nSPS) is 12.4. The van der Waals surface area contributed by atoms with Crippen molar-refractivity contribution in [2.24, 2.45) is 0 Å². The van der Waals surface area contributed by atoms with Crippen molar-refractivity contribution < 1.29 is 13.2 Å². The van der Waals surface area contributed by atoms with Crippen molar-refractivity contribution in [1.29, 1.82) is 5.26 Å². The van der Waals surface area contributed by atoms with Crippen LogP contribution in [0.5, 0.6) is 0 Å². The van der Waals surface area contributed by atoms with Crippen LogP contribution in [0.2, 0.25) is 0 Å². The molecule has 3 rings (SSSR count). The van der Waals surface area contributed by atoms with Crippen molar-refractivity contribution in [3.05, 3.63) is 76.5 Å². The smallest absolute Gasteiger partial charge is 0.347 e. The third-order valence-electron chi connectivity index (χ3n) is 4.47. The first-order valence-electron chi connectivity index (χ1n) is 8.62. The van der Waals surface area contributed by atoms with Crippen LogP contribution in [0.3, 0.4) is 0 Å². The summed E-state index contributed by atoms with van der Waals surface area (Å²) in [7, 11) is 0. The summed E-state index contributed by atoms with van der Waals surface area (Å²) in [6.07, 6.45) is -0.0727. The molecule has 3 aromatic rings. The number of allylic oxidation sites excluding steroid dienone is 1. The molecule has 0 amide bonds. The summed E-state index contributed by atoms with van der Waals surface area (Å²) in [5.74, 6) is 0. The number of para-hydroxylation sites is 1. The van der Waals surface area contributed by atoms with Crippen molar-refractivity contribution in [3.63, 3.8) is 0 Å². The van der Waals surface area contributed by atoms with Gasteiger partial charge in [0.15, 0.2) is 0 Å². The molecule has 0 bridgehead atoms. The molecule has 2 nitrogen and oxygen atoms in total. The van der Waals surface area contributed by atoms with E-state index in [9.17, 15) is 13.2 Å². The highest BCUT2D eigenvalue weighted by atomic mass is 19.4. The Bertz CT molecular complexity index is 1050. The molecule has 5 heteroatoms. The summed E-state index contributed by atoms with van der Waals surface area (Å²) in [5, 5.41) is 10.0. The summed E-state index contributed by atoms with van der Waals surface area (Å²) in [6.45, 7) is 3.98. The van der Waals surface area contributed by atoms with Crippen LogP contribution < -0.4 is 0 Å². The number of alkyl halides is 3. The van der Waals surface area contributed by atoms with E-state index in [1.165, 1.54) is 12.1 Å². The molecule has 0 unspecified atom stereocenters. The average Bonchev–Trinajstić information content (AvgIpc) is 2.96. The third-order valence-corrected chi connectivity index (χ3v) is 4.47. The van der Waals surface area contributed by atoms with E-state index in [0.29, 0.717) is 29.7 Å². The lowest BCUT2D eigenvalue weighted by atomic mass is 10.0. The molecule has 0 N–H and O–H groups in total. The third kappa shape index (κ3) is 4.22. The summed E-state index contributed by atoms with van der Waals surface area (Å²) >= 11 is 0. The first kappa shape index (κ1) is 18.8. The van der Waals surface area contributed by atoms with Gasteiger partial charge in [-0.1, -0.05) is 29.8 Å². The maximum absolute atomic E-state index is 13.0. The fourth-order valence-corrected chi connectivity index (χ4v) is 3.26. The van der Waals surface area contributed by atoms with E-state index < -0.39 is 11.7 Å². The molecule has 27 heavy (non-hydrogen) atoms. The summed E-state index contributed by atoms with van der Waals surface area (Å²) in [6, 6.07) is 14.1. The van der Waals surface area contributed by atoms with Gasteiger partial charge in [0, 0.05) is 34.8 Å².